The molecule has 3 rings (SSSR count). The summed E-state index contributed by atoms with van der Waals surface area (Å²) in [6, 6.07) is 2.74. The summed E-state index contributed by atoms with van der Waals surface area (Å²) in [6.45, 7) is 1.53. The molecule has 10 nitrogen and oxygen atoms in total. The van der Waals surface area contributed by atoms with Crippen molar-refractivity contribution in [3.63, 3.8) is 0 Å². The van der Waals surface area contributed by atoms with Gasteiger partial charge >= 0.3 is 5.97 Å². The van der Waals surface area contributed by atoms with Crippen molar-refractivity contribution in [3.05, 3.63) is 17.7 Å². The smallest absolute Gasteiger partial charge is 0.341 e. The van der Waals surface area contributed by atoms with Crippen molar-refractivity contribution in [1.82, 2.24) is 0 Å². The van der Waals surface area contributed by atoms with Gasteiger partial charge in [-0.05, 0) is 31.7 Å². The Morgan fingerprint density at radius 3 is 2.43 bits per heavy atom. The summed E-state index contributed by atoms with van der Waals surface area (Å²) in [5.41, 5.74) is 11.6. The van der Waals surface area contributed by atoms with Gasteiger partial charge in [-0.2, -0.15) is 4.99 Å². The lowest BCUT2D eigenvalue weighted by Gasteiger charge is -2.46. The van der Waals surface area contributed by atoms with Crippen LogP contribution in [0.2, 0.25) is 0 Å². The number of hydrogen-bond donors (Lipinski definition) is 2. The van der Waals surface area contributed by atoms with E-state index in [9.17, 15) is 13.2 Å². The second-order valence-electron chi connectivity index (χ2n) is 7.23. The largest absolute Gasteiger partial charge is 0.496 e. The minimum atomic E-state index is -3.75. The standard InChI is InChI=1S/C19H27N5O5S/c1-4-30(26,27)15-10-12(16(25)29-3)14(28-2)11-13(15)24-18(21)22-17(20)23-19(24)8-6-5-7-9-19/h10-11H,4-9H2,1-3H3,(H4,20,21,22,23). The van der Waals surface area contributed by atoms with Crippen LogP contribution in [-0.4, -0.2) is 51.9 Å². The molecule has 1 fully saturated rings. The van der Waals surface area contributed by atoms with E-state index in [1.807, 2.05) is 0 Å². The maximum absolute atomic E-state index is 13.0. The maximum atomic E-state index is 13.0. The summed E-state index contributed by atoms with van der Waals surface area (Å²) in [4.78, 5) is 22.5. The van der Waals surface area contributed by atoms with E-state index in [2.05, 4.69) is 9.98 Å². The Morgan fingerprint density at radius 1 is 1.20 bits per heavy atom. The van der Waals surface area contributed by atoms with Gasteiger partial charge in [-0.15, -0.1) is 0 Å². The highest BCUT2D eigenvalue weighted by Crippen LogP contribution is 2.43. The van der Waals surface area contributed by atoms with E-state index in [1.54, 1.807) is 4.90 Å². The molecule has 2 aliphatic rings. The molecule has 1 aliphatic carbocycles. The number of nitrogens with two attached hydrogens (primary N) is 2. The molecule has 30 heavy (non-hydrogen) atoms. The molecular formula is C19H27N5O5S. The zero-order chi connectivity index (χ0) is 22.1. The molecule has 1 spiro atoms. The zero-order valence-corrected chi connectivity index (χ0v) is 18.2. The van der Waals surface area contributed by atoms with E-state index in [4.69, 9.17) is 20.9 Å². The number of benzene rings is 1. The molecule has 164 valence electrons. The number of anilines is 1. The molecule has 0 saturated heterocycles. The second kappa shape index (κ2) is 8.13. The van der Waals surface area contributed by atoms with Gasteiger partial charge in [0.05, 0.1) is 30.6 Å². The Labute approximate surface area is 175 Å². The van der Waals surface area contributed by atoms with Crippen LogP contribution in [0.3, 0.4) is 0 Å². The number of carbonyl (C=O) groups is 1. The third-order valence-electron chi connectivity index (χ3n) is 5.49. The van der Waals surface area contributed by atoms with E-state index in [1.165, 1.54) is 33.3 Å². The summed E-state index contributed by atoms with van der Waals surface area (Å²) in [5, 5.41) is 0. The number of rotatable bonds is 5. The van der Waals surface area contributed by atoms with Crippen LogP contribution in [0.25, 0.3) is 0 Å². The molecule has 0 aromatic heterocycles. The molecule has 0 bridgehead atoms. The van der Waals surface area contributed by atoms with Crippen LogP contribution in [0.1, 0.15) is 49.4 Å². The van der Waals surface area contributed by atoms with Crippen molar-refractivity contribution < 1.29 is 22.7 Å². The summed E-state index contributed by atoms with van der Waals surface area (Å²) < 4.78 is 36.2. The van der Waals surface area contributed by atoms with Gasteiger partial charge in [0, 0.05) is 6.07 Å². The van der Waals surface area contributed by atoms with Gasteiger partial charge in [-0.3, -0.25) is 4.90 Å². The fourth-order valence-electron chi connectivity index (χ4n) is 4.04. The number of guanidine groups is 2. The van der Waals surface area contributed by atoms with E-state index in [0.29, 0.717) is 12.8 Å². The van der Waals surface area contributed by atoms with Crippen molar-refractivity contribution in [1.29, 1.82) is 0 Å². The van der Waals surface area contributed by atoms with Gasteiger partial charge in [0.2, 0.25) is 11.9 Å². The first kappa shape index (κ1) is 21.9. The molecule has 0 unspecified atom stereocenters. The number of nitrogens with zero attached hydrogens (tertiary/aromatic N) is 3. The third kappa shape index (κ3) is 3.69. The Morgan fingerprint density at radius 2 is 1.87 bits per heavy atom. The van der Waals surface area contributed by atoms with Crippen LogP contribution < -0.4 is 21.1 Å². The summed E-state index contributed by atoms with van der Waals surface area (Å²) in [7, 11) is -1.15. The molecule has 4 N–H and O–H groups in total. The van der Waals surface area contributed by atoms with Crippen molar-refractivity contribution >= 4 is 33.4 Å². The molecule has 1 aromatic rings. The van der Waals surface area contributed by atoms with E-state index in [-0.39, 0.29) is 39.6 Å². The lowest BCUT2D eigenvalue weighted by molar-refractivity contribution is 0.0597. The van der Waals surface area contributed by atoms with Crippen LogP contribution in [0, 0.1) is 0 Å². The van der Waals surface area contributed by atoms with E-state index < -0.39 is 21.5 Å². The molecule has 11 heteroatoms. The average molecular weight is 438 g/mol. The zero-order valence-electron chi connectivity index (χ0n) is 17.3. The molecule has 0 radical (unpaired) electrons. The summed E-state index contributed by atoms with van der Waals surface area (Å²) in [6.07, 6.45) is 4.07. The third-order valence-corrected chi connectivity index (χ3v) is 7.25. The number of carbonyl (C=O) groups excluding carboxylic acids is 1. The first-order valence-electron chi connectivity index (χ1n) is 9.72. The van der Waals surface area contributed by atoms with Crippen LogP contribution >= 0.6 is 0 Å². The average Bonchev–Trinajstić information content (AvgIpc) is 2.72. The lowest BCUT2D eigenvalue weighted by atomic mass is 9.87. The second-order valence-corrected chi connectivity index (χ2v) is 9.48. The maximum Gasteiger partial charge on any atom is 0.341 e. The molecular weight excluding hydrogens is 410 g/mol. The predicted molar refractivity (Wildman–Crippen MR) is 114 cm³/mol. The van der Waals surface area contributed by atoms with E-state index in [0.717, 1.165) is 19.3 Å². The van der Waals surface area contributed by atoms with Gasteiger partial charge in [-0.1, -0.05) is 13.3 Å². The van der Waals surface area contributed by atoms with Crippen molar-refractivity contribution in [3.8, 4) is 5.75 Å². The Kier molecular flexibility index (Phi) is 5.93. The van der Waals surface area contributed by atoms with E-state index >= 15 is 0 Å². The van der Waals surface area contributed by atoms with Crippen molar-refractivity contribution in [2.45, 2.75) is 49.6 Å². The summed E-state index contributed by atoms with van der Waals surface area (Å²) in [5.74, 6) is -0.612. The monoisotopic (exact) mass is 437 g/mol. The fraction of sp³-hybridized carbons (Fsp3) is 0.526. The van der Waals surface area contributed by atoms with Crippen LogP contribution in [0.4, 0.5) is 5.69 Å². The molecule has 0 amide bonds. The highest BCUT2D eigenvalue weighted by atomic mass is 32.2. The van der Waals surface area contributed by atoms with Crippen LogP contribution in [0.5, 0.6) is 5.75 Å². The van der Waals surface area contributed by atoms with Gasteiger partial charge in [0.25, 0.3) is 0 Å². The van der Waals surface area contributed by atoms with Crippen LogP contribution in [0.15, 0.2) is 27.0 Å². The molecule has 1 aliphatic heterocycles. The van der Waals surface area contributed by atoms with Gasteiger partial charge in [0.15, 0.2) is 9.84 Å². The number of sulfone groups is 1. The molecule has 0 atom stereocenters. The van der Waals surface area contributed by atoms with Crippen LogP contribution in [-0.2, 0) is 14.6 Å². The van der Waals surface area contributed by atoms with Crippen molar-refractivity contribution in [2.24, 2.45) is 21.5 Å². The molecule has 1 heterocycles. The summed E-state index contributed by atoms with van der Waals surface area (Å²) >= 11 is 0. The molecule has 1 aromatic carbocycles. The number of ether oxygens (including phenoxy) is 2. The highest BCUT2D eigenvalue weighted by Gasteiger charge is 2.44. The number of hydrogen-bond acceptors (Lipinski definition) is 10. The predicted octanol–water partition coefficient (Wildman–Crippen LogP) is 1.39. The minimum Gasteiger partial charge on any atom is -0.496 e. The number of methoxy groups -OCH3 is 2. The van der Waals surface area contributed by atoms with Gasteiger partial charge in [-0.25, -0.2) is 18.2 Å². The topological polar surface area (TPSA) is 150 Å². The molecule has 1 saturated carbocycles. The Bertz CT molecular complexity index is 1010. The normalized spacial score (nSPS) is 18.6. The highest BCUT2D eigenvalue weighted by molar-refractivity contribution is 7.91. The number of esters is 1. The Balaban J connectivity index is 2.32. The number of aliphatic imine (C=N–C) groups is 2. The first-order valence-corrected chi connectivity index (χ1v) is 11.4. The van der Waals surface area contributed by atoms with Crippen molar-refractivity contribution in [2.75, 3.05) is 24.9 Å². The first-order chi connectivity index (χ1) is 14.2. The quantitative estimate of drug-likeness (QED) is 0.656. The lowest BCUT2D eigenvalue weighted by Crippen LogP contribution is -2.58. The Hall–Kier alpha value is -2.82. The minimum absolute atomic E-state index is 0.00371. The SMILES string of the molecule is CCS(=O)(=O)c1cc(C(=O)OC)c(OC)cc1N1C(N)=NC(N)=NC12CCCCC2. The fourth-order valence-corrected chi connectivity index (χ4v) is 5.11. The van der Waals surface area contributed by atoms with Gasteiger partial charge < -0.3 is 20.9 Å². The van der Waals surface area contributed by atoms with Gasteiger partial charge in [0.1, 0.15) is 17.0 Å².